The predicted octanol–water partition coefficient (Wildman–Crippen LogP) is 4.25. The van der Waals surface area contributed by atoms with Gasteiger partial charge < -0.3 is 10.1 Å². The molecule has 1 saturated heterocycles. The number of ether oxygens (including phenoxy) is 1. The molecule has 6 heteroatoms. The third-order valence-corrected chi connectivity index (χ3v) is 5.68. The van der Waals surface area contributed by atoms with Gasteiger partial charge in [0.15, 0.2) is 0 Å². The van der Waals surface area contributed by atoms with Gasteiger partial charge in [-0.25, -0.2) is 4.98 Å². The van der Waals surface area contributed by atoms with Gasteiger partial charge in [-0.05, 0) is 55.3 Å². The molecule has 3 aromatic rings. The Morgan fingerprint density at radius 3 is 2.66 bits per heavy atom. The lowest BCUT2D eigenvalue weighted by Crippen LogP contribution is -2.23. The molecule has 0 radical (unpaired) electrons. The van der Waals surface area contributed by atoms with Crippen molar-refractivity contribution in [3.05, 3.63) is 81.8 Å². The maximum absolute atomic E-state index is 12.5. The lowest BCUT2D eigenvalue weighted by atomic mass is 10.1. The van der Waals surface area contributed by atoms with Crippen molar-refractivity contribution in [2.24, 2.45) is 0 Å². The van der Waals surface area contributed by atoms with Crippen LogP contribution in [0.1, 0.15) is 40.0 Å². The molecule has 1 fully saturated rings. The van der Waals surface area contributed by atoms with Gasteiger partial charge in [-0.15, -0.1) is 11.3 Å². The lowest BCUT2D eigenvalue weighted by molar-refractivity contribution is 0.0950. The van der Waals surface area contributed by atoms with E-state index in [1.807, 2.05) is 17.5 Å². The van der Waals surface area contributed by atoms with Crippen LogP contribution >= 0.6 is 11.3 Å². The van der Waals surface area contributed by atoms with Gasteiger partial charge in [0.25, 0.3) is 5.91 Å². The Kier molecular flexibility index (Phi) is 6.54. The molecule has 1 N–H and O–H groups in total. The van der Waals surface area contributed by atoms with Gasteiger partial charge in [-0.3, -0.25) is 9.69 Å². The topological polar surface area (TPSA) is 54.5 Å². The molecule has 0 aliphatic carbocycles. The predicted molar refractivity (Wildman–Crippen MR) is 115 cm³/mol. The quantitative estimate of drug-likeness (QED) is 0.607. The minimum atomic E-state index is -0.106. The summed E-state index contributed by atoms with van der Waals surface area (Å²) in [6.45, 7) is 4.32. The first kappa shape index (κ1) is 19.6. The van der Waals surface area contributed by atoms with Crippen molar-refractivity contribution in [1.29, 1.82) is 0 Å². The summed E-state index contributed by atoms with van der Waals surface area (Å²) in [6.07, 6.45) is 2.61. The summed E-state index contributed by atoms with van der Waals surface area (Å²) < 4.78 is 5.73. The van der Waals surface area contributed by atoms with E-state index < -0.39 is 0 Å². The molecule has 0 atom stereocenters. The van der Waals surface area contributed by atoms with Crippen LogP contribution in [0.25, 0.3) is 0 Å². The van der Waals surface area contributed by atoms with Crippen molar-refractivity contribution in [2.45, 2.75) is 32.5 Å². The number of hydrogen-bond donors (Lipinski definition) is 1. The summed E-state index contributed by atoms with van der Waals surface area (Å²) in [5.41, 5.74) is 5.68. The van der Waals surface area contributed by atoms with Gasteiger partial charge >= 0.3 is 0 Å². The molecule has 2 heterocycles. The van der Waals surface area contributed by atoms with E-state index in [0.717, 1.165) is 17.8 Å². The minimum Gasteiger partial charge on any atom is -0.487 e. The largest absolute Gasteiger partial charge is 0.487 e. The van der Waals surface area contributed by atoms with E-state index in [4.69, 9.17) is 4.74 Å². The fraction of sp³-hybridized carbons (Fsp3) is 0.304. The number of hydrogen-bond acceptors (Lipinski definition) is 5. The van der Waals surface area contributed by atoms with Gasteiger partial charge in [0, 0.05) is 24.0 Å². The van der Waals surface area contributed by atoms with Crippen LogP contribution in [0, 0.1) is 0 Å². The van der Waals surface area contributed by atoms with Crippen LogP contribution < -0.4 is 10.1 Å². The van der Waals surface area contributed by atoms with Crippen molar-refractivity contribution in [1.82, 2.24) is 15.2 Å². The second-order valence-corrected chi connectivity index (χ2v) is 8.00. The summed E-state index contributed by atoms with van der Waals surface area (Å²) in [7, 11) is 0. The summed E-state index contributed by atoms with van der Waals surface area (Å²) in [6, 6.07) is 15.8. The van der Waals surface area contributed by atoms with Gasteiger partial charge in [0.05, 0.1) is 11.2 Å². The van der Waals surface area contributed by atoms with Gasteiger partial charge in [-0.1, -0.05) is 30.3 Å². The Morgan fingerprint density at radius 2 is 1.90 bits per heavy atom. The second kappa shape index (κ2) is 9.67. The summed E-state index contributed by atoms with van der Waals surface area (Å²) in [5, 5.41) is 4.94. The number of thiazole rings is 1. The van der Waals surface area contributed by atoms with Crippen molar-refractivity contribution < 1.29 is 9.53 Å². The molecule has 2 aromatic carbocycles. The van der Waals surface area contributed by atoms with Crippen LogP contribution in [0.15, 0.2) is 59.4 Å². The number of nitrogens with zero attached hydrogens (tertiary/aromatic N) is 2. The molecule has 1 aliphatic heterocycles. The van der Waals surface area contributed by atoms with Crippen LogP contribution in [-0.2, 0) is 19.7 Å². The molecule has 0 unspecified atom stereocenters. The Morgan fingerprint density at radius 1 is 1.10 bits per heavy atom. The Bertz CT molecular complexity index is 920. The van der Waals surface area contributed by atoms with Crippen LogP contribution in [0.3, 0.4) is 0 Å². The first-order valence-electron chi connectivity index (χ1n) is 9.94. The van der Waals surface area contributed by atoms with Crippen LogP contribution in [0.4, 0.5) is 0 Å². The first-order chi connectivity index (χ1) is 14.3. The number of rotatable bonds is 8. The van der Waals surface area contributed by atoms with E-state index in [9.17, 15) is 4.79 Å². The van der Waals surface area contributed by atoms with Crippen LogP contribution in [0.5, 0.6) is 5.75 Å². The van der Waals surface area contributed by atoms with Gasteiger partial charge in [-0.2, -0.15) is 0 Å². The van der Waals surface area contributed by atoms with E-state index in [1.165, 1.54) is 42.8 Å². The third-order valence-electron chi connectivity index (χ3n) is 5.05. The monoisotopic (exact) mass is 407 g/mol. The van der Waals surface area contributed by atoms with Crippen molar-refractivity contribution >= 4 is 17.2 Å². The van der Waals surface area contributed by atoms with Crippen LogP contribution in [0.2, 0.25) is 0 Å². The van der Waals surface area contributed by atoms with Crippen molar-refractivity contribution in [3.63, 3.8) is 0 Å². The highest BCUT2D eigenvalue weighted by Gasteiger charge is 2.12. The van der Waals surface area contributed by atoms with Crippen molar-refractivity contribution in [3.8, 4) is 5.75 Å². The number of benzene rings is 2. The summed E-state index contributed by atoms with van der Waals surface area (Å²) in [5.74, 6) is 0.558. The molecule has 150 valence electrons. The minimum absolute atomic E-state index is 0.106. The molecule has 4 rings (SSSR count). The number of carbonyl (C=O) groups is 1. The summed E-state index contributed by atoms with van der Waals surface area (Å²) in [4.78, 5) is 19.2. The number of carbonyl (C=O) groups excluding carboxylic acids is 1. The number of aromatic nitrogens is 1. The Labute approximate surface area is 175 Å². The van der Waals surface area contributed by atoms with E-state index in [2.05, 4.69) is 39.5 Å². The molecule has 0 spiro atoms. The van der Waals surface area contributed by atoms with E-state index in [1.54, 1.807) is 17.6 Å². The molecule has 1 aliphatic rings. The average Bonchev–Trinajstić information content (AvgIpc) is 3.46. The smallest absolute Gasteiger partial charge is 0.251 e. The standard InChI is InChI=1S/C23H25N3O2S/c27-23(20-4-3-5-22(12-20)28-15-21-16-29-17-25-21)24-13-18-6-8-19(9-7-18)14-26-10-1-2-11-26/h3-9,12,16-17H,1-2,10-11,13-15H2,(H,24,27). The number of nitrogens with one attached hydrogen (secondary N) is 1. The van der Waals surface area contributed by atoms with E-state index in [0.29, 0.717) is 24.5 Å². The van der Waals surface area contributed by atoms with E-state index >= 15 is 0 Å². The normalized spacial score (nSPS) is 14.1. The number of amides is 1. The third kappa shape index (κ3) is 5.65. The van der Waals surface area contributed by atoms with Crippen LogP contribution in [-0.4, -0.2) is 28.9 Å². The second-order valence-electron chi connectivity index (χ2n) is 7.28. The van der Waals surface area contributed by atoms with Gasteiger partial charge in [0.2, 0.25) is 0 Å². The zero-order chi connectivity index (χ0) is 19.9. The van der Waals surface area contributed by atoms with E-state index in [-0.39, 0.29) is 5.91 Å². The molecule has 1 aromatic heterocycles. The highest BCUT2D eigenvalue weighted by atomic mass is 32.1. The Balaban J connectivity index is 1.28. The summed E-state index contributed by atoms with van der Waals surface area (Å²) >= 11 is 1.54. The Hall–Kier alpha value is -2.70. The fourth-order valence-electron chi connectivity index (χ4n) is 3.44. The first-order valence-corrected chi connectivity index (χ1v) is 10.9. The zero-order valence-electron chi connectivity index (χ0n) is 16.3. The lowest BCUT2D eigenvalue weighted by Gasteiger charge is -2.14. The SMILES string of the molecule is O=C(NCc1ccc(CN2CCCC2)cc1)c1cccc(OCc2cscn2)c1. The highest BCUT2D eigenvalue weighted by Crippen LogP contribution is 2.16. The highest BCUT2D eigenvalue weighted by molar-refractivity contribution is 7.07. The fourth-order valence-corrected chi connectivity index (χ4v) is 3.98. The average molecular weight is 408 g/mol. The molecular formula is C23H25N3O2S. The molecule has 29 heavy (non-hydrogen) atoms. The molecule has 0 bridgehead atoms. The molecular weight excluding hydrogens is 382 g/mol. The molecule has 1 amide bonds. The zero-order valence-corrected chi connectivity index (χ0v) is 17.2. The van der Waals surface area contributed by atoms with Gasteiger partial charge in [0.1, 0.15) is 12.4 Å². The molecule has 5 nitrogen and oxygen atoms in total. The number of likely N-dealkylation sites (tertiary alicyclic amines) is 1. The van der Waals surface area contributed by atoms with Crippen molar-refractivity contribution in [2.75, 3.05) is 13.1 Å². The maximum Gasteiger partial charge on any atom is 0.251 e. The molecule has 0 saturated carbocycles. The maximum atomic E-state index is 12.5.